The van der Waals surface area contributed by atoms with Gasteiger partial charge in [0.1, 0.15) is 0 Å². The minimum Gasteiger partial charge on any atom is -0.317 e. The van der Waals surface area contributed by atoms with Crippen LogP contribution in [0.2, 0.25) is 0 Å². The summed E-state index contributed by atoms with van der Waals surface area (Å²) in [7, 11) is 0. The summed E-state index contributed by atoms with van der Waals surface area (Å²) in [5.41, 5.74) is 0. The van der Waals surface area contributed by atoms with E-state index in [0.29, 0.717) is 0 Å². The van der Waals surface area contributed by atoms with Crippen LogP contribution in [0.25, 0.3) is 0 Å². The fourth-order valence-corrected chi connectivity index (χ4v) is 3.74. The molecule has 0 saturated carbocycles. The molecule has 2 bridgehead atoms. The molecule has 92 valence electrons. The van der Waals surface area contributed by atoms with Crippen LogP contribution in [0.3, 0.4) is 0 Å². The van der Waals surface area contributed by atoms with Gasteiger partial charge >= 0.3 is 0 Å². The highest BCUT2D eigenvalue weighted by molar-refractivity contribution is 4.93. The summed E-state index contributed by atoms with van der Waals surface area (Å²) in [5.74, 6) is 0.961. The van der Waals surface area contributed by atoms with Crippen molar-refractivity contribution in [3.8, 4) is 0 Å². The molecule has 0 aromatic rings. The van der Waals surface area contributed by atoms with E-state index in [0.717, 1.165) is 18.0 Å². The van der Waals surface area contributed by atoms with Gasteiger partial charge in [0.25, 0.3) is 0 Å². The summed E-state index contributed by atoms with van der Waals surface area (Å²) in [5, 5.41) is 7.06. The predicted octanol–water partition coefficient (Wildman–Crippen LogP) is 0.812. The van der Waals surface area contributed by atoms with Crippen molar-refractivity contribution in [2.45, 2.75) is 44.2 Å². The van der Waals surface area contributed by atoms with Gasteiger partial charge < -0.3 is 10.6 Å². The molecule has 0 spiro atoms. The zero-order valence-electron chi connectivity index (χ0n) is 10.3. The largest absolute Gasteiger partial charge is 0.317 e. The first-order valence-electron chi connectivity index (χ1n) is 7.10. The Morgan fingerprint density at radius 3 is 2.44 bits per heavy atom. The Morgan fingerprint density at radius 2 is 1.56 bits per heavy atom. The number of piperidine rings is 1. The van der Waals surface area contributed by atoms with E-state index in [1.54, 1.807) is 0 Å². The highest BCUT2D eigenvalue weighted by Crippen LogP contribution is 2.29. The summed E-state index contributed by atoms with van der Waals surface area (Å²) >= 11 is 0. The summed E-state index contributed by atoms with van der Waals surface area (Å²) < 4.78 is 0. The zero-order chi connectivity index (χ0) is 10.8. The van der Waals surface area contributed by atoms with Crippen molar-refractivity contribution in [3.63, 3.8) is 0 Å². The van der Waals surface area contributed by atoms with Gasteiger partial charge in [0.15, 0.2) is 0 Å². The van der Waals surface area contributed by atoms with E-state index in [9.17, 15) is 0 Å². The molecule has 3 rings (SSSR count). The van der Waals surface area contributed by atoms with Gasteiger partial charge in [-0.1, -0.05) is 0 Å². The van der Waals surface area contributed by atoms with Crippen molar-refractivity contribution >= 4 is 0 Å². The molecular formula is C13H25N3. The standard InChI is InChI=1S/C13H25N3/c1-2-13-9-15-8-5-12(1)16(13)10-11-3-6-14-7-4-11/h11-15H,1-10H2. The lowest BCUT2D eigenvalue weighted by molar-refractivity contribution is 0.154. The first-order valence-corrected chi connectivity index (χ1v) is 7.10. The van der Waals surface area contributed by atoms with Gasteiger partial charge in [-0.2, -0.15) is 0 Å². The number of nitrogens with zero attached hydrogens (tertiary/aromatic N) is 1. The smallest absolute Gasteiger partial charge is 0.0224 e. The van der Waals surface area contributed by atoms with Gasteiger partial charge in [0.05, 0.1) is 0 Å². The Labute approximate surface area is 99.0 Å². The quantitative estimate of drug-likeness (QED) is 0.725. The summed E-state index contributed by atoms with van der Waals surface area (Å²) in [6.45, 7) is 6.34. The average molecular weight is 223 g/mol. The minimum absolute atomic E-state index is 0.849. The molecule has 16 heavy (non-hydrogen) atoms. The van der Waals surface area contributed by atoms with E-state index in [2.05, 4.69) is 15.5 Å². The lowest BCUT2D eigenvalue weighted by Gasteiger charge is -2.33. The van der Waals surface area contributed by atoms with E-state index >= 15 is 0 Å². The molecular weight excluding hydrogens is 198 g/mol. The maximum absolute atomic E-state index is 3.59. The molecule has 2 atom stereocenters. The number of hydrogen-bond acceptors (Lipinski definition) is 3. The molecule has 3 aliphatic rings. The van der Waals surface area contributed by atoms with Crippen LogP contribution in [-0.4, -0.2) is 49.7 Å². The van der Waals surface area contributed by atoms with Gasteiger partial charge in [0.2, 0.25) is 0 Å². The molecule has 3 heterocycles. The second-order valence-corrected chi connectivity index (χ2v) is 5.77. The topological polar surface area (TPSA) is 27.3 Å². The van der Waals surface area contributed by atoms with Crippen molar-refractivity contribution < 1.29 is 0 Å². The molecule has 0 aromatic heterocycles. The van der Waals surface area contributed by atoms with Crippen molar-refractivity contribution in [2.24, 2.45) is 5.92 Å². The van der Waals surface area contributed by atoms with Crippen LogP contribution in [-0.2, 0) is 0 Å². The second-order valence-electron chi connectivity index (χ2n) is 5.77. The van der Waals surface area contributed by atoms with Crippen molar-refractivity contribution in [1.82, 2.24) is 15.5 Å². The third-order valence-corrected chi connectivity index (χ3v) is 4.73. The lowest BCUT2D eigenvalue weighted by Crippen LogP contribution is -2.43. The number of fused-ring (bicyclic) bond motifs is 2. The fraction of sp³-hybridized carbons (Fsp3) is 1.00. The maximum atomic E-state index is 3.59. The Balaban J connectivity index is 1.60. The molecule has 0 aromatic carbocycles. The molecule has 3 heteroatoms. The van der Waals surface area contributed by atoms with Crippen molar-refractivity contribution in [1.29, 1.82) is 0 Å². The van der Waals surface area contributed by atoms with Crippen LogP contribution >= 0.6 is 0 Å². The first kappa shape index (κ1) is 11.0. The molecule has 0 aliphatic carbocycles. The second kappa shape index (κ2) is 5.03. The molecule has 2 unspecified atom stereocenters. The molecule has 3 nitrogen and oxygen atoms in total. The summed E-state index contributed by atoms with van der Waals surface area (Å²) in [4.78, 5) is 2.84. The van der Waals surface area contributed by atoms with Gasteiger partial charge in [-0.3, -0.25) is 4.90 Å². The minimum atomic E-state index is 0.849. The molecule has 3 fully saturated rings. The number of rotatable bonds is 2. The van der Waals surface area contributed by atoms with Crippen LogP contribution in [0.15, 0.2) is 0 Å². The van der Waals surface area contributed by atoms with Crippen LogP contribution < -0.4 is 10.6 Å². The van der Waals surface area contributed by atoms with Crippen molar-refractivity contribution in [3.05, 3.63) is 0 Å². The molecule has 3 aliphatic heterocycles. The van der Waals surface area contributed by atoms with Gasteiger partial charge in [0, 0.05) is 25.2 Å². The predicted molar refractivity (Wildman–Crippen MR) is 66.6 cm³/mol. The van der Waals surface area contributed by atoms with Crippen LogP contribution in [0.4, 0.5) is 0 Å². The van der Waals surface area contributed by atoms with Gasteiger partial charge in [-0.25, -0.2) is 0 Å². The Bertz CT molecular complexity index is 211. The highest BCUT2D eigenvalue weighted by Gasteiger charge is 2.35. The van der Waals surface area contributed by atoms with Crippen LogP contribution in [0, 0.1) is 5.92 Å². The van der Waals surface area contributed by atoms with Gasteiger partial charge in [-0.05, 0) is 57.7 Å². The monoisotopic (exact) mass is 223 g/mol. The molecule has 3 saturated heterocycles. The SMILES string of the molecule is C1CC(CN2C3CCNCC2CC3)CCN1. The summed E-state index contributed by atoms with van der Waals surface area (Å²) in [6, 6.07) is 1.75. The molecule has 0 amide bonds. The Hall–Kier alpha value is -0.120. The van der Waals surface area contributed by atoms with Crippen LogP contribution in [0.5, 0.6) is 0 Å². The Morgan fingerprint density at radius 1 is 0.812 bits per heavy atom. The average Bonchev–Trinajstić information content (AvgIpc) is 2.54. The zero-order valence-corrected chi connectivity index (χ0v) is 10.3. The highest BCUT2D eigenvalue weighted by atomic mass is 15.2. The number of hydrogen-bond donors (Lipinski definition) is 2. The summed E-state index contributed by atoms with van der Waals surface area (Å²) in [6.07, 6.45) is 7.05. The Kier molecular flexibility index (Phi) is 3.46. The van der Waals surface area contributed by atoms with Crippen LogP contribution in [0.1, 0.15) is 32.1 Å². The normalized spacial score (nSPS) is 37.5. The lowest BCUT2D eigenvalue weighted by atomic mass is 9.97. The van der Waals surface area contributed by atoms with E-state index in [-0.39, 0.29) is 0 Å². The van der Waals surface area contributed by atoms with E-state index in [4.69, 9.17) is 0 Å². The van der Waals surface area contributed by atoms with Crippen molar-refractivity contribution in [2.75, 3.05) is 32.7 Å². The van der Waals surface area contributed by atoms with E-state index in [1.807, 2.05) is 0 Å². The maximum Gasteiger partial charge on any atom is 0.0224 e. The van der Waals surface area contributed by atoms with E-state index in [1.165, 1.54) is 64.8 Å². The third-order valence-electron chi connectivity index (χ3n) is 4.73. The fourth-order valence-electron chi connectivity index (χ4n) is 3.74. The van der Waals surface area contributed by atoms with E-state index < -0.39 is 0 Å². The van der Waals surface area contributed by atoms with Gasteiger partial charge in [-0.15, -0.1) is 0 Å². The molecule has 2 N–H and O–H groups in total. The number of nitrogens with one attached hydrogen (secondary N) is 2. The third kappa shape index (κ3) is 2.27. The molecule has 0 radical (unpaired) electrons. The first-order chi connectivity index (χ1) is 7.93.